The van der Waals surface area contributed by atoms with Gasteiger partial charge in [0, 0.05) is 31.3 Å². The first-order valence-electron chi connectivity index (χ1n) is 10.5. The normalized spacial score (nSPS) is 11.1. The van der Waals surface area contributed by atoms with Crippen LogP contribution in [-0.2, 0) is 13.1 Å². The number of aryl methyl sites for hydroxylation is 1. The van der Waals surface area contributed by atoms with E-state index in [0.717, 1.165) is 37.6 Å². The van der Waals surface area contributed by atoms with Crippen LogP contribution in [0.25, 0.3) is 10.9 Å². The highest BCUT2D eigenvalue weighted by molar-refractivity contribution is 14.0. The highest BCUT2D eigenvalue weighted by atomic mass is 127. The number of para-hydroxylation sites is 1. The lowest BCUT2D eigenvalue weighted by molar-refractivity contribution is 0.324. The number of benzene rings is 2. The Bertz CT molecular complexity index is 994. The van der Waals surface area contributed by atoms with Crippen LogP contribution in [0.2, 0.25) is 0 Å². The van der Waals surface area contributed by atoms with E-state index in [9.17, 15) is 0 Å². The Labute approximate surface area is 207 Å². The standard InChI is InChI=1S/C24H32N4O3.HI/c1-5-25-24(26-12-8-13-28-14-11-19-9-6-7-10-20(19)28)27-17-18-15-21(29-2)23(31-4)22(16-18)30-3;/h6-7,9-11,14-16H,5,8,12-13,17H2,1-4H3,(H2,25,26,27);1H. The number of aliphatic imine (C=N–C) groups is 1. The molecule has 3 rings (SSSR count). The molecule has 0 atom stereocenters. The van der Waals surface area contributed by atoms with Gasteiger partial charge in [-0.25, -0.2) is 4.99 Å². The Hall–Kier alpha value is -2.62. The molecule has 1 heterocycles. The molecule has 0 fully saturated rings. The van der Waals surface area contributed by atoms with Crippen molar-refractivity contribution < 1.29 is 14.2 Å². The SMILES string of the molecule is CCNC(=NCc1cc(OC)c(OC)c(OC)c1)NCCCn1ccc2ccccc21.I. The van der Waals surface area contributed by atoms with Crippen LogP contribution in [0.3, 0.4) is 0 Å². The maximum atomic E-state index is 5.43. The van der Waals surface area contributed by atoms with Gasteiger partial charge >= 0.3 is 0 Å². The number of guanidine groups is 1. The zero-order valence-electron chi connectivity index (χ0n) is 19.2. The molecular weight excluding hydrogens is 519 g/mol. The van der Waals surface area contributed by atoms with Crippen molar-refractivity contribution in [3.05, 3.63) is 54.2 Å². The monoisotopic (exact) mass is 552 g/mol. The second-order valence-corrected chi connectivity index (χ2v) is 7.08. The predicted octanol–water partition coefficient (Wildman–Crippen LogP) is 4.43. The molecule has 0 saturated carbocycles. The number of halogens is 1. The van der Waals surface area contributed by atoms with Crippen molar-refractivity contribution in [2.24, 2.45) is 4.99 Å². The van der Waals surface area contributed by atoms with Gasteiger partial charge in [-0.05, 0) is 48.6 Å². The molecule has 174 valence electrons. The Morgan fingerprint density at radius 1 is 0.969 bits per heavy atom. The average Bonchev–Trinajstić information content (AvgIpc) is 3.22. The van der Waals surface area contributed by atoms with Crippen molar-refractivity contribution in [3.8, 4) is 17.2 Å². The number of nitrogens with zero attached hydrogens (tertiary/aromatic N) is 2. The number of fused-ring (bicyclic) bond motifs is 1. The molecule has 0 unspecified atom stereocenters. The third-order valence-electron chi connectivity index (χ3n) is 5.04. The summed E-state index contributed by atoms with van der Waals surface area (Å²) in [7, 11) is 4.83. The van der Waals surface area contributed by atoms with Crippen LogP contribution in [0.1, 0.15) is 18.9 Å². The van der Waals surface area contributed by atoms with Crippen molar-refractivity contribution in [1.82, 2.24) is 15.2 Å². The number of nitrogens with one attached hydrogen (secondary N) is 2. The lowest BCUT2D eigenvalue weighted by atomic mass is 10.2. The zero-order valence-corrected chi connectivity index (χ0v) is 21.5. The first kappa shape index (κ1) is 25.6. The summed E-state index contributed by atoms with van der Waals surface area (Å²) in [6, 6.07) is 14.5. The van der Waals surface area contributed by atoms with Gasteiger partial charge in [0.05, 0.1) is 27.9 Å². The van der Waals surface area contributed by atoms with Gasteiger partial charge in [-0.3, -0.25) is 0 Å². The number of hydrogen-bond donors (Lipinski definition) is 2. The Balaban J connectivity index is 0.00000363. The van der Waals surface area contributed by atoms with Crippen LogP contribution in [0, 0.1) is 0 Å². The van der Waals surface area contributed by atoms with E-state index in [1.807, 2.05) is 12.1 Å². The molecule has 1 aromatic heterocycles. The summed E-state index contributed by atoms with van der Waals surface area (Å²) in [6.45, 7) is 5.13. The minimum Gasteiger partial charge on any atom is -0.493 e. The lowest BCUT2D eigenvalue weighted by Crippen LogP contribution is -2.38. The van der Waals surface area contributed by atoms with Crippen molar-refractivity contribution >= 4 is 40.8 Å². The molecule has 0 amide bonds. The van der Waals surface area contributed by atoms with Crippen LogP contribution in [0.4, 0.5) is 0 Å². The van der Waals surface area contributed by atoms with Gasteiger partial charge in [0.2, 0.25) is 5.75 Å². The molecule has 8 heteroatoms. The van der Waals surface area contributed by atoms with Gasteiger partial charge in [-0.1, -0.05) is 18.2 Å². The second kappa shape index (κ2) is 13.0. The van der Waals surface area contributed by atoms with E-state index < -0.39 is 0 Å². The molecule has 7 nitrogen and oxygen atoms in total. The highest BCUT2D eigenvalue weighted by Crippen LogP contribution is 2.38. The Kier molecular flexibility index (Phi) is 10.5. The van der Waals surface area contributed by atoms with Gasteiger partial charge < -0.3 is 29.4 Å². The molecule has 2 N–H and O–H groups in total. The van der Waals surface area contributed by atoms with Crippen molar-refractivity contribution in [1.29, 1.82) is 0 Å². The number of aromatic nitrogens is 1. The summed E-state index contributed by atoms with van der Waals surface area (Å²) in [5, 5.41) is 7.99. The van der Waals surface area contributed by atoms with Gasteiger partial charge in [0.15, 0.2) is 17.5 Å². The van der Waals surface area contributed by atoms with E-state index in [1.54, 1.807) is 21.3 Å². The van der Waals surface area contributed by atoms with Crippen LogP contribution in [0.15, 0.2) is 53.7 Å². The molecule has 32 heavy (non-hydrogen) atoms. The predicted molar refractivity (Wildman–Crippen MR) is 141 cm³/mol. The summed E-state index contributed by atoms with van der Waals surface area (Å²) < 4.78 is 18.5. The maximum Gasteiger partial charge on any atom is 0.203 e. The molecular formula is C24H33IN4O3. The molecule has 0 saturated heterocycles. The summed E-state index contributed by atoms with van der Waals surface area (Å²) >= 11 is 0. The van der Waals surface area contributed by atoms with E-state index in [-0.39, 0.29) is 24.0 Å². The molecule has 0 aliphatic rings. The van der Waals surface area contributed by atoms with Crippen LogP contribution in [-0.4, -0.2) is 44.9 Å². The van der Waals surface area contributed by atoms with E-state index in [1.165, 1.54) is 10.9 Å². The van der Waals surface area contributed by atoms with E-state index in [4.69, 9.17) is 19.2 Å². The fourth-order valence-corrected chi connectivity index (χ4v) is 3.53. The van der Waals surface area contributed by atoms with E-state index in [0.29, 0.717) is 23.8 Å². The number of rotatable bonds is 10. The quantitative estimate of drug-likeness (QED) is 0.169. The summed E-state index contributed by atoms with van der Waals surface area (Å²) in [4.78, 5) is 4.71. The third-order valence-corrected chi connectivity index (χ3v) is 5.04. The lowest BCUT2D eigenvalue weighted by Gasteiger charge is -2.14. The number of hydrogen-bond acceptors (Lipinski definition) is 4. The molecule has 2 aromatic carbocycles. The topological polar surface area (TPSA) is 69.0 Å². The van der Waals surface area contributed by atoms with Crippen molar-refractivity contribution in [3.63, 3.8) is 0 Å². The minimum atomic E-state index is 0. The Morgan fingerprint density at radius 2 is 1.69 bits per heavy atom. The summed E-state index contributed by atoms with van der Waals surface area (Å²) in [5.74, 6) is 2.63. The van der Waals surface area contributed by atoms with Crippen LogP contribution in [0.5, 0.6) is 17.2 Å². The first-order valence-corrected chi connectivity index (χ1v) is 10.5. The van der Waals surface area contributed by atoms with Crippen molar-refractivity contribution in [2.75, 3.05) is 34.4 Å². The van der Waals surface area contributed by atoms with Gasteiger partial charge in [-0.15, -0.1) is 24.0 Å². The van der Waals surface area contributed by atoms with Crippen molar-refractivity contribution in [2.45, 2.75) is 26.4 Å². The van der Waals surface area contributed by atoms with E-state index >= 15 is 0 Å². The summed E-state index contributed by atoms with van der Waals surface area (Å²) in [5.41, 5.74) is 2.25. The largest absolute Gasteiger partial charge is 0.493 e. The Morgan fingerprint density at radius 3 is 2.34 bits per heavy atom. The molecule has 0 spiro atoms. The fourth-order valence-electron chi connectivity index (χ4n) is 3.53. The molecule has 0 aliphatic carbocycles. The van der Waals surface area contributed by atoms with Gasteiger partial charge in [-0.2, -0.15) is 0 Å². The molecule has 0 radical (unpaired) electrons. The van der Waals surface area contributed by atoms with Crippen LogP contribution >= 0.6 is 24.0 Å². The van der Waals surface area contributed by atoms with E-state index in [2.05, 4.69) is 58.7 Å². The van der Waals surface area contributed by atoms with Gasteiger partial charge in [0.25, 0.3) is 0 Å². The summed E-state index contributed by atoms with van der Waals surface area (Å²) in [6.07, 6.45) is 3.14. The van der Waals surface area contributed by atoms with Crippen LogP contribution < -0.4 is 24.8 Å². The molecule has 3 aromatic rings. The second-order valence-electron chi connectivity index (χ2n) is 7.08. The minimum absolute atomic E-state index is 0. The smallest absolute Gasteiger partial charge is 0.203 e. The third kappa shape index (κ3) is 6.44. The fraction of sp³-hybridized carbons (Fsp3) is 0.375. The number of methoxy groups -OCH3 is 3. The molecule has 0 aliphatic heterocycles. The maximum absolute atomic E-state index is 5.43. The average molecular weight is 552 g/mol. The first-order chi connectivity index (χ1) is 15.2. The van der Waals surface area contributed by atoms with Gasteiger partial charge in [0.1, 0.15) is 0 Å². The molecule has 0 bridgehead atoms. The zero-order chi connectivity index (χ0) is 22.1. The number of ether oxygens (including phenoxy) is 3. The highest BCUT2D eigenvalue weighted by Gasteiger charge is 2.13.